The van der Waals surface area contributed by atoms with Crippen molar-refractivity contribution in [1.29, 1.82) is 0 Å². The first-order valence-electron chi connectivity index (χ1n) is 5.05. The van der Waals surface area contributed by atoms with Crippen LogP contribution in [0.2, 0.25) is 0 Å². The van der Waals surface area contributed by atoms with E-state index in [0.29, 0.717) is 0 Å². The van der Waals surface area contributed by atoms with Crippen molar-refractivity contribution in [3.05, 3.63) is 0 Å². The Morgan fingerprint density at radius 3 is 1.67 bits per heavy atom. The van der Waals surface area contributed by atoms with Crippen LogP contribution in [0.3, 0.4) is 0 Å². The van der Waals surface area contributed by atoms with Crippen LogP contribution in [0, 0.1) is 17.8 Å². The van der Waals surface area contributed by atoms with E-state index >= 15 is 0 Å². The molecule has 0 amide bonds. The van der Waals surface area contributed by atoms with Gasteiger partial charge in [-0.15, -0.1) is 0 Å². The van der Waals surface area contributed by atoms with Gasteiger partial charge in [-0.3, -0.25) is 0 Å². The van der Waals surface area contributed by atoms with Crippen molar-refractivity contribution in [3.63, 3.8) is 0 Å². The quantitative estimate of drug-likeness (QED) is 0.579. The maximum Gasteiger partial charge on any atom is 0.145 e. The molecule has 0 aliphatic carbocycles. The molecule has 0 aliphatic rings. The van der Waals surface area contributed by atoms with E-state index in [1.165, 1.54) is 12.8 Å². The third kappa shape index (κ3) is 6.86. The molecule has 0 aromatic rings. The molecule has 0 rings (SSSR count). The number of hydrogen-bond acceptors (Lipinski definition) is 1. The highest BCUT2D eigenvalue weighted by Gasteiger charge is 2.11. The minimum absolute atomic E-state index is 0.794. The summed E-state index contributed by atoms with van der Waals surface area (Å²) in [4.78, 5) is 0. The number of rotatable bonds is 6. The molecule has 2 heteroatoms. The molecule has 0 aromatic carbocycles. The Labute approximate surface area is 80.4 Å². The minimum Gasteiger partial charge on any atom is -0.428 e. The molecule has 0 aromatic heterocycles. The Kier molecular flexibility index (Phi) is 6.77. The van der Waals surface area contributed by atoms with Crippen LogP contribution in [-0.4, -0.2) is 17.1 Å². The van der Waals surface area contributed by atoms with E-state index in [9.17, 15) is 0 Å². The fourth-order valence-electron chi connectivity index (χ4n) is 1.80. The predicted molar refractivity (Wildman–Crippen MR) is 58.3 cm³/mol. The topological polar surface area (TPSA) is 9.23 Å². The van der Waals surface area contributed by atoms with Crippen LogP contribution >= 0.6 is 0 Å². The Morgan fingerprint density at radius 1 is 1.00 bits per heavy atom. The van der Waals surface area contributed by atoms with E-state index in [1.807, 2.05) is 0 Å². The molecule has 0 fully saturated rings. The highest BCUT2D eigenvalue weighted by Crippen LogP contribution is 2.19. The maximum absolute atomic E-state index is 5.34. The Balaban J connectivity index is 3.69. The minimum atomic E-state index is 0.794. The molecule has 0 saturated heterocycles. The summed E-state index contributed by atoms with van der Waals surface area (Å²) in [5, 5.41) is 0. The van der Waals surface area contributed by atoms with Crippen LogP contribution in [0.1, 0.15) is 40.5 Å². The third-order valence-electron chi connectivity index (χ3n) is 2.01. The lowest BCUT2D eigenvalue weighted by molar-refractivity contribution is 0.216. The summed E-state index contributed by atoms with van der Waals surface area (Å²) in [6.45, 7) is 10.2. The van der Waals surface area contributed by atoms with Gasteiger partial charge >= 0.3 is 0 Å². The summed E-state index contributed by atoms with van der Waals surface area (Å²) in [6, 6.07) is 0. The lowest BCUT2D eigenvalue weighted by atomic mass is 9.90. The molecule has 0 aliphatic heterocycles. The summed E-state index contributed by atoms with van der Waals surface area (Å²) in [5.74, 6) is 2.42. The summed E-state index contributed by atoms with van der Waals surface area (Å²) in [5.41, 5.74) is 0. The normalized spacial score (nSPS) is 12.2. The zero-order valence-electron chi connectivity index (χ0n) is 9.26. The molecular formula is C10H24OSi. The summed E-state index contributed by atoms with van der Waals surface area (Å²) in [7, 11) is 0.888. The van der Waals surface area contributed by atoms with Crippen LogP contribution in [0.15, 0.2) is 0 Å². The first kappa shape index (κ1) is 12.2. The van der Waals surface area contributed by atoms with Gasteiger partial charge in [-0.2, -0.15) is 0 Å². The summed E-state index contributed by atoms with van der Waals surface area (Å²) in [6.07, 6.45) is 2.64. The van der Waals surface area contributed by atoms with Crippen LogP contribution in [0.25, 0.3) is 0 Å². The molecule has 0 spiro atoms. The average molecular weight is 188 g/mol. The van der Waals surface area contributed by atoms with Gasteiger partial charge in [0.1, 0.15) is 10.5 Å². The molecule has 74 valence electrons. The largest absolute Gasteiger partial charge is 0.428 e. The lowest BCUT2D eigenvalue weighted by Crippen LogP contribution is -2.13. The van der Waals surface area contributed by atoms with Crippen molar-refractivity contribution in [2.45, 2.75) is 40.5 Å². The molecule has 0 radical (unpaired) electrons. The smallest absolute Gasteiger partial charge is 0.145 e. The van der Waals surface area contributed by atoms with Crippen molar-refractivity contribution in [3.8, 4) is 0 Å². The van der Waals surface area contributed by atoms with Crippen molar-refractivity contribution in [2.24, 2.45) is 17.8 Å². The second kappa shape index (κ2) is 6.67. The van der Waals surface area contributed by atoms with Crippen LogP contribution in [0.4, 0.5) is 0 Å². The van der Waals surface area contributed by atoms with Crippen molar-refractivity contribution in [1.82, 2.24) is 0 Å². The monoisotopic (exact) mass is 188 g/mol. The van der Waals surface area contributed by atoms with Gasteiger partial charge < -0.3 is 4.43 Å². The van der Waals surface area contributed by atoms with E-state index in [1.54, 1.807) is 0 Å². The molecule has 0 heterocycles. The molecule has 0 bridgehead atoms. The van der Waals surface area contributed by atoms with Gasteiger partial charge in [0, 0.05) is 6.61 Å². The van der Waals surface area contributed by atoms with Crippen molar-refractivity contribution in [2.75, 3.05) is 6.61 Å². The predicted octanol–water partition coefficient (Wildman–Crippen LogP) is 1.99. The van der Waals surface area contributed by atoms with Crippen LogP contribution < -0.4 is 0 Å². The van der Waals surface area contributed by atoms with Gasteiger partial charge in [-0.25, -0.2) is 0 Å². The van der Waals surface area contributed by atoms with E-state index in [-0.39, 0.29) is 0 Å². The molecule has 1 nitrogen and oxygen atoms in total. The SMILES string of the molecule is CC(C)CC(CO[SiH3])CC(C)C. The second-order valence-corrected chi connectivity index (χ2v) is 5.16. The average Bonchev–Trinajstić information content (AvgIpc) is 1.84. The van der Waals surface area contributed by atoms with E-state index < -0.39 is 0 Å². The molecule has 12 heavy (non-hydrogen) atoms. The van der Waals surface area contributed by atoms with Gasteiger partial charge in [0.2, 0.25) is 0 Å². The maximum atomic E-state index is 5.34. The van der Waals surface area contributed by atoms with Gasteiger partial charge in [-0.1, -0.05) is 27.7 Å². The van der Waals surface area contributed by atoms with Gasteiger partial charge in [-0.05, 0) is 30.6 Å². The zero-order chi connectivity index (χ0) is 9.56. The molecule has 0 N–H and O–H groups in total. The van der Waals surface area contributed by atoms with Crippen LogP contribution in [0.5, 0.6) is 0 Å². The van der Waals surface area contributed by atoms with Gasteiger partial charge in [0.25, 0.3) is 0 Å². The molecule has 0 unspecified atom stereocenters. The highest BCUT2D eigenvalue weighted by molar-refractivity contribution is 5.97. The fraction of sp³-hybridized carbons (Fsp3) is 1.00. The lowest BCUT2D eigenvalue weighted by Gasteiger charge is -2.20. The summed E-state index contributed by atoms with van der Waals surface area (Å²) < 4.78 is 5.34. The summed E-state index contributed by atoms with van der Waals surface area (Å²) >= 11 is 0. The van der Waals surface area contributed by atoms with Gasteiger partial charge in [0.05, 0.1) is 0 Å². The molecule has 0 atom stereocenters. The fourth-order valence-corrected chi connectivity index (χ4v) is 2.27. The standard InChI is InChI=1S/C10H24OSi/c1-8(2)5-10(7-11-12)6-9(3)4/h8-10H,5-7H2,1-4,12H3. The van der Waals surface area contributed by atoms with E-state index in [0.717, 1.165) is 34.8 Å². The molecular weight excluding hydrogens is 164 g/mol. The van der Waals surface area contributed by atoms with Gasteiger partial charge in [0.15, 0.2) is 0 Å². The van der Waals surface area contributed by atoms with Crippen molar-refractivity contribution >= 4 is 10.5 Å². The zero-order valence-corrected chi connectivity index (χ0v) is 11.3. The van der Waals surface area contributed by atoms with E-state index in [2.05, 4.69) is 27.7 Å². The first-order valence-corrected chi connectivity index (χ1v) is 5.86. The van der Waals surface area contributed by atoms with Crippen LogP contribution in [-0.2, 0) is 4.43 Å². The highest BCUT2D eigenvalue weighted by atomic mass is 28.2. The number of hydrogen-bond donors (Lipinski definition) is 0. The Morgan fingerprint density at radius 2 is 1.42 bits per heavy atom. The molecule has 0 saturated carbocycles. The Bertz CT molecular complexity index is 92.0. The van der Waals surface area contributed by atoms with E-state index in [4.69, 9.17) is 4.43 Å². The second-order valence-electron chi connectivity index (χ2n) is 4.58. The first-order chi connectivity index (χ1) is 5.56. The third-order valence-corrected chi connectivity index (χ3v) is 2.35. The Hall–Kier alpha value is 0.177. The van der Waals surface area contributed by atoms with Crippen molar-refractivity contribution < 1.29 is 4.43 Å².